The van der Waals surface area contributed by atoms with Gasteiger partial charge in [0.05, 0.1) is 16.9 Å². The van der Waals surface area contributed by atoms with E-state index in [4.69, 9.17) is 11.5 Å². The topological polar surface area (TPSA) is 72.3 Å². The molecule has 4 N–H and O–H groups in total. The Morgan fingerprint density at radius 2 is 2.00 bits per heavy atom. The molecule has 1 saturated carbocycles. The molecule has 1 aliphatic carbocycles. The average Bonchev–Trinajstić information content (AvgIpc) is 2.93. The number of carbonyl (C=O) groups excluding carboxylic acids is 1. The van der Waals surface area contributed by atoms with Crippen LogP contribution in [0.4, 0.5) is 11.4 Å². The highest BCUT2D eigenvalue weighted by molar-refractivity contribution is 6.01. The van der Waals surface area contributed by atoms with Crippen LogP contribution in [0.2, 0.25) is 0 Å². The molecule has 0 atom stereocenters. The first-order chi connectivity index (χ1) is 10.0. The molecule has 0 radical (unpaired) electrons. The number of amides is 1. The molecule has 0 heterocycles. The molecule has 1 amide bonds. The van der Waals surface area contributed by atoms with E-state index in [1.165, 1.54) is 25.7 Å². The summed E-state index contributed by atoms with van der Waals surface area (Å²) in [6.07, 6.45) is 5.93. The quantitative estimate of drug-likeness (QED) is 0.790. The van der Waals surface area contributed by atoms with Gasteiger partial charge in [0.2, 0.25) is 0 Å². The van der Waals surface area contributed by atoms with Gasteiger partial charge in [-0.3, -0.25) is 4.79 Å². The lowest BCUT2D eigenvalue weighted by Crippen LogP contribution is -2.37. The highest BCUT2D eigenvalue weighted by Crippen LogP contribution is 2.34. The second kappa shape index (κ2) is 6.83. The lowest BCUT2D eigenvalue weighted by Gasteiger charge is -2.34. The first-order valence-corrected chi connectivity index (χ1v) is 7.95. The number of carbonyl (C=O) groups is 1. The van der Waals surface area contributed by atoms with Crippen molar-refractivity contribution in [3.8, 4) is 0 Å². The molecular weight excluding hydrogens is 262 g/mol. The highest BCUT2D eigenvalue weighted by atomic mass is 16.1. The van der Waals surface area contributed by atoms with Gasteiger partial charge in [0, 0.05) is 12.6 Å². The van der Waals surface area contributed by atoms with Gasteiger partial charge in [-0.1, -0.05) is 32.8 Å². The Labute approximate surface area is 127 Å². The summed E-state index contributed by atoms with van der Waals surface area (Å²) in [6.45, 7) is 5.36. The van der Waals surface area contributed by atoms with Crippen LogP contribution in [0.3, 0.4) is 0 Å². The molecular formula is C17H27N3O. The Kier molecular flexibility index (Phi) is 5.10. The van der Waals surface area contributed by atoms with E-state index < -0.39 is 5.91 Å². The Bertz CT molecular complexity index is 493. The average molecular weight is 289 g/mol. The molecule has 21 heavy (non-hydrogen) atoms. The van der Waals surface area contributed by atoms with Crippen LogP contribution in [0.25, 0.3) is 0 Å². The van der Waals surface area contributed by atoms with Crippen molar-refractivity contribution in [2.24, 2.45) is 11.7 Å². The van der Waals surface area contributed by atoms with Crippen LogP contribution in [0.15, 0.2) is 18.2 Å². The molecule has 0 spiro atoms. The van der Waals surface area contributed by atoms with Gasteiger partial charge >= 0.3 is 0 Å². The third-order valence-electron chi connectivity index (χ3n) is 4.33. The number of hydrogen-bond donors (Lipinski definition) is 2. The lowest BCUT2D eigenvalue weighted by molar-refractivity contribution is 0.100. The van der Waals surface area contributed by atoms with Crippen molar-refractivity contribution in [3.63, 3.8) is 0 Å². The fraction of sp³-hybridized carbons (Fsp3) is 0.588. The third-order valence-corrected chi connectivity index (χ3v) is 4.33. The minimum Gasteiger partial charge on any atom is -0.397 e. The summed E-state index contributed by atoms with van der Waals surface area (Å²) >= 11 is 0. The molecule has 2 rings (SSSR count). The van der Waals surface area contributed by atoms with Crippen LogP contribution in [0.1, 0.15) is 56.3 Å². The van der Waals surface area contributed by atoms with Gasteiger partial charge in [0.1, 0.15) is 0 Å². The van der Waals surface area contributed by atoms with Crippen molar-refractivity contribution in [2.75, 3.05) is 17.2 Å². The minimum atomic E-state index is -0.398. The number of nitrogen functional groups attached to an aromatic ring is 1. The smallest absolute Gasteiger partial charge is 0.250 e. The molecule has 0 saturated heterocycles. The van der Waals surface area contributed by atoms with E-state index in [9.17, 15) is 4.79 Å². The molecule has 116 valence electrons. The molecule has 1 aromatic rings. The number of benzene rings is 1. The first kappa shape index (κ1) is 15.7. The Morgan fingerprint density at radius 3 is 2.57 bits per heavy atom. The Hall–Kier alpha value is -1.71. The summed E-state index contributed by atoms with van der Waals surface area (Å²) in [6, 6.07) is 5.92. The standard InChI is InChI=1S/C17H27N3O/c1-12(2)10-11-20(13-6-3-4-7-13)16-14(17(19)21)8-5-9-15(16)18/h5,8-9,12-13H,3-4,6-7,10-11,18H2,1-2H3,(H2,19,21). The van der Waals surface area contributed by atoms with Crippen molar-refractivity contribution in [1.82, 2.24) is 0 Å². The second-order valence-corrected chi connectivity index (χ2v) is 6.42. The van der Waals surface area contributed by atoms with E-state index in [-0.39, 0.29) is 0 Å². The Morgan fingerprint density at radius 1 is 1.33 bits per heavy atom. The van der Waals surface area contributed by atoms with E-state index >= 15 is 0 Å². The summed E-state index contributed by atoms with van der Waals surface area (Å²) in [7, 11) is 0. The molecule has 1 fully saturated rings. The van der Waals surface area contributed by atoms with E-state index in [2.05, 4.69) is 18.7 Å². The van der Waals surface area contributed by atoms with Gasteiger partial charge in [-0.25, -0.2) is 0 Å². The van der Waals surface area contributed by atoms with E-state index in [1.807, 2.05) is 6.07 Å². The number of nitrogens with two attached hydrogens (primary N) is 2. The monoisotopic (exact) mass is 289 g/mol. The van der Waals surface area contributed by atoms with Gasteiger partial charge in [-0.05, 0) is 37.3 Å². The number of nitrogens with zero attached hydrogens (tertiary/aromatic N) is 1. The molecule has 0 unspecified atom stereocenters. The predicted octanol–water partition coefficient (Wildman–Crippen LogP) is 3.16. The van der Waals surface area contributed by atoms with Crippen molar-refractivity contribution >= 4 is 17.3 Å². The summed E-state index contributed by atoms with van der Waals surface area (Å²) < 4.78 is 0. The summed E-state index contributed by atoms with van der Waals surface area (Å²) in [5, 5.41) is 0. The highest BCUT2D eigenvalue weighted by Gasteiger charge is 2.27. The van der Waals surface area contributed by atoms with Crippen molar-refractivity contribution in [2.45, 2.75) is 52.0 Å². The normalized spacial score (nSPS) is 15.6. The summed E-state index contributed by atoms with van der Waals surface area (Å²) in [5.74, 6) is 0.223. The zero-order valence-corrected chi connectivity index (χ0v) is 13.1. The van der Waals surface area contributed by atoms with Gasteiger partial charge in [-0.2, -0.15) is 0 Å². The number of para-hydroxylation sites is 1. The molecule has 0 bridgehead atoms. The number of anilines is 2. The largest absolute Gasteiger partial charge is 0.397 e. The predicted molar refractivity (Wildman–Crippen MR) is 88.4 cm³/mol. The van der Waals surface area contributed by atoms with Crippen LogP contribution in [-0.2, 0) is 0 Å². The van der Waals surface area contributed by atoms with Crippen LogP contribution in [0.5, 0.6) is 0 Å². The van der Waals surface area contributed by atoms with E-state index in [0.717, 1.165) is 18.7 Å². The molecule has 1 aliphatic rings. The number of hydrogen-bond acceptors (Lipinski definition) is 3. The van der Waals surface area contributed by atoms with Crippen LogP contribution in [0, 0.1) is 5.92 Å². The first-order valence-electron chi connectivity index (χ1n) is 7.95. The maximum absolute atomic E-state index is 11.8. The zero-order valence-electron chi connectivity index (χ0n) is 13.1. The lowest BCUT2D eigenvalue weighted by atomic mass is 10.0. The van der Waals surface area contributed by atoms with Gasteiger partial charge < -0.3 is 16.4 Å². The maximum Gasteiger partial charge on any atom is 0.250 e. The van der Waals surface area contributed by atoms with Crippen LogP contribution in [-0.4, -0.2) is 18.5 Å². The summed E-state index contributed by atoms with van der Waals surface area (Å²) in [5.41, 5.74) is 13.8. The van der Waals surface area contributed by atoms with Crippen molar-refractivity contribution in [1.29, 1.82) is 0 Å². The van der Waals surface area contributed by atoms with Crippen molar-refractivity contribution < 1.29 is 4.79 Å². The SMILES string of the molecule is CC(C)CCN(c1c(N)cccc1C(N)=O)C1CCCC1. The minimum absolute atomic E-state index is 0.398. The summed E-state index contributed by atoms with van der Waals surface area (Å²) in [4.78, 5) is 14.1. The molecule has 4 nitrogen and oxygen atoms in total. The van der Waals surface area contributed by atoms with Crippen LogP contribution < -0.4 is 16.4 Å². The van der Waals surface area contributed by atoms with Gasteiger partial charge in [0.15, 0.2) is 0 Å². The molecule has 4 heteroatoms. The number of primary amides is 1. The van der Waals surface area contributed by atoms with E-state index in [1.54, 1.807) is 12.1 Å². The zero-order chi connectivity index (χ0) is 15.4. The molecule has 0 aliphatic heterocycles. The van der Waals surface area contributed by atoms with Crippen LogP contribution >= 0.6 is 0 Å². The fourth-order valence-electron chi connectivity index (χ4n) is 3.17. The molecule has 0 aromatic heterocycles. The Balaban J connectivity index is 2.37. The maximum atomic E-state index is 11.8. The van der Waals surface area contributed by atoms with Gasteiger partial charge in [0.25, 0.3) is 5.91 Å². The van der Waals surface area contributed by atoms with Crippen molar-refractivity contribution in [3.05, 3.63) is 23.8 Å². The fourth-order valence-corrected chi connectivity index (χ4v) is 3.17. The van der Waals surface area contributed by atoms with E-state index in [0.29, 0.717) is 23.2 Å². The second-order valence-electron chi connectivity index (χ2n) is 6.42. The molecule has 1 aromatic carbocycles. The number of rotatable bonds is 6. The third kappa shape index (κ3) is 3.69. The van der Waals surface area contributed by atoms with Gasteiger partial charge in [-0.15, -0.1) is 0 Å².